The highest BCUT2D eigenvalue weighted by atomic mass is 35.5. The molecule has 1 amide bonds. The highest BCUT2D eigenvalue weighted by molar-refractivity contribution is 6.31. The van der Waals surface area contributed by atoms with Crippen molar-refractivity contribution in [3.05, 3.63) is 94.8 Å². The minimum Gasteiger partial charge on any atom is -0.382 e. The van der Waals surface area contributed by atoms with Crippen molar-refractivity contribution in [3.63, 3.8) is 0 Å². The molecule has 2 aromatic carbocycles. The molecule has 0 aliphatic carbocycles. The largest absolute Gasteiger partial charge is 0.382 e. The summed E-state index contributed by atoms with van der Waals surface area (Å²) >= 11 is 6.22. The molecule has 0 fully saturated rings. The van der Waals surface area contributed by atoms with Gasteiger partial charge in [0.1, 0.15) is 0 Å². The van der Waals surface area contributed by atoms with Crippen molar-refractivity contribution in [2.75, 3.05) is 5.32 Å². The molecule has 5 nitrogen and oxygen atoms in total. The molecule has 1 atom stereocenters. The number of halogens is 1. The number of hydrogen-bond acceptors (Lipinski definition) is 4. The number of anilines is 1. The standard InChI is InChI=1S/C22H18ClN3O2/c23-19-6-2-1-4-16(19)12-15-7-9-18(10-8-15)25-22(27)21-13-20(26-28-21)17-5-3-11-24-14-17/h1-11,14,21H,12-13H2,(H,25,27)/t21-/m0/s1. The molecule has 0 bridgehead atoms. The molecule has 0 spiro atoms. The van der Waals surface area contributed by atoms with Crippen molar-refractivity contribution < 1.29 is 9.63 Å². The van der Waals surface area contributed by atoms with Crippen LogP contribution in [-0.4, -0.2) is 22.7 Å². The Morgan fingerprint density at radius 2 is 1.93 bits per heavy atom. The van der Waals surface area contributed by atoms with Crippen molar-refractivity contribution in [1.82, 2.24) is 4.98 Å². The van der Waals surface area contributed by atoms with Gasteiger partial charge >= 0.3 is 0 Å². The molecule has 140 valence electrons. The van der Waals surface area contributed by atoms with Crippen LogP contribution >= 0.6 is 11.6 Å². The number of carbonyl (C=O) groups excluding carboxylic acids is 1. The van der Waals surface area contributed by atoms with E-state index in [0.29, 0.717) is 12.1 Å². The van der Waals surface area contributed by atoms with Gasteiger partial charge in [0.05, 0.1) is 5.71 Å². The highest BCUT2D eigenvalue weighted by Crippen LogP contribution is 2.21. The van der Waals surface area contributed by atoms with Gasteiger partial charge in [0.2, 0.25) is 6.10 Å². The molecule has 28 heavy (non-hydrogen) atoms. The molecular weight excluding hydrogens is 374 g/mol. The van der Waals surface area contributed by atoms with Gasteiger partial charge < -0.3 is 10.2 Å². The fourth-order valence-electron chi connectivity index (χ4n) is 3.01. The average Bonchev–Trinajstić information content (AvgIpc) is 3.22. The van der Waals surface area contributed by atoms with Crippen LogP contribution in [0, 0.1) is 0 Å². The summed E-state index contributed by atoms with van der Waals surface area (Å²) in [6.07, 6.45) is 3.92. The summed E-state index contributed by atoms with van der Waals surface area (Å²) in [6, 6.07) is 19.2. The number of nitrogens with zero attached hydrogens (tertiary/aromatic N) is 2. The van der Waals surface area contributed by atoms with Gasteiger partial charge in [-0.05, 0) is 47.9 Å². The van der Waals surface area contributed by atoms with Crippen LogP contribution < -0.4 is 5.32 Å². The van der Waals surface area contributed by atoms with Gasteiger partial charge in [0.15, 0.2) is 0 Å². The lowest BCUT2D eigenvalue weighted by molar-refractivity contribution is -0.125. The molecule has 1 aliphatic rings. The zero-order valence-corrected chi connectivity index (χ0v) is 15.8. The quantitative estimate of drug-likeness (QED) is 0.698. The average molecular weight is 392 g/mol. The third-order valence-corrected chi connectivity index (χ3v) is 4.90. The van der Waals surface area contributed by atoms with Crippen molar-refractivity contribution >= 4 is 28.9 Å². The van der Waals surface area contributed by atoms with Gasteiger partial charge in [-0.1, -0.05) is 47.1 Å². The summed E-state index contributed by atoms with van der Waals surface area (Å²) in [4.78, 5) is 21.8. The van der Waals surface area contributed by atoms with Crippen LogP contribution in [0.2, 0.25) is 5.02 Å². The SMILES string of the molecule is O=C(Nc1ccc(Cc2ccccc2Cl)cc1)[C@@H]1CC(c2cccnc2)=NO1. The second kappa shape index (κ2) is 8.23. The normalized spacial score (nSPS) is 15.6. The molecule has 6 heteroatoms. The van der Waals surface area contributed by atoms with E-state index in [-0.39, 0.29) is 5.91 Å². The molecule has 3 aromatic rings. The lowest BCUT2D eigenvalue weighted by atomic mass is 10.0. The Balaban J connectivity index is 1.35. The second-order valence-electron chi connectivity index (χ2n) is 6.53. The maximum Gasteiger partial charge on any atom is 0.268 e. The molecular formula is C22H18ClN3O2. The van der Waals surface area contributed by atoms with Crippen LogP contribution in [0.5, 0.6) is 0 Å². The highest BCUT2D eigenvalue weighted by Gasteiger charge is 2.29. The van der Waals surface area contributed by atoms with Gasteiger partial charge in [-0.3, -0.25) is 9.78 Å². The van der Waals surface area contributed by atoms with E-state index in [4.69, 9.17) is 16.4 Å². The number of carbonyl (C=O) groups is 1. The van der Waals surface area contributed by atoms with E-state index in [0.717, 1.165) is 33.8 Å². The summed E-state index contributed by atoms with van der Waals surface area (Å²) < 4.78 is 0. The number of nitrogens with one attached hydrogen (secondary N) is 1. The summed E-state index contributed by atoms with van der Waals surface area (Å²) in [5.41, 5.74) is 4.49. The van der Waals surface area contributed by atoms with Crippen LogP contribution in [-0.2, 0) is 16.1 Å². The molecule has 1 aromatic heterocycles. The zero-order valence-electron chi connectivity index (χ0n) is 15.0. The molecule has 0 radical (unpaired) electrons. The van der Waals surface area contributed by atoms with E-state index in [1.54, 1.807) is 12.4 Å². The third kappa shape index (κ3) is 4.21. The first kappa shape index (κ1) is 18.2. The maximum atomic E-state index is 12.5. The predicted molar refractivity (Wildman–Crippen MR) is 110 cm³/mol. The Labute approximate surface area is 168 Å². The second-order valence-corrected chi connectivity index (χ2v) is 6.94. The van der Waals surface area contributed by atoms with Gasteiger partial charge in [0, 0.05) is 35.1 Å². The summed E-state index contributed by atoms with van der Waals surface area (Å²) in [6.45, 7) is 0. The molecule has 1 aliphatic heterocycles. The van der Waals surface area contributed by atoms with Crippen molar-refractivity contribution in [1.29, 1.82) is 0 Å². The van der Waals surface area contributed by atoms with Gasteiger partial charge in [0.25, 0.3) is 5.91 Å². The van der Waals surface area contributed by atoms with Crippen LogP contribution in [0.4, 0.5) is 5.69 Å². The Bertz CT molecular complexity index is 1000. The number of benzene rings is 2. The monoisotopic (exact) mass is 391 g/mol. The van der Waals surface area contributed by atoms with E-state index in [1.165, 1.54) is 0 Å². The van der Waals surface area contributed by atoms with Gasteiger partial charge in [-0.25, -0.2) is 0 Å². The van der Waals surface area contributed by atoms with Gasteiger partial charge in [-0.2, -0.15) is 0 Å². The summed E-state index contributed by atoms with van der Waals surface area (Å²) in [7, 11) is 0. The molecule has 2 heterocycles. The number of pyridine rings is 1. The number of oxime groups is 1. The van der Waals surface area contributed by atoms with Crippen molar-refractivity contribution in [2.45, 2.75) is 18.9 Å². The fourth-order valence-corrected chi connectivity index (χ4v) is 3.21. The fraction of sp³-hybridized carbons (Fsp3) is 0.136. The zero-order chi connectivity index (χ0) is 19.3. The van der Waals surface area contributed by atoms with Crippen LogP contribution in [0.1, 0.15) is 23.1 Å². The van der Waals surface area contributed by atoms with E-state index >= 15 is 0 Å². The molecule has 0 saturated carbocycles. The van der Waals surface area contributed by atoms with Gasteiger partial charge in [-0.15, -0.1) is 0 Å². The Hall–Kier alpha value is -3.18. The Morgan fingerprint density at radius 1 is 1.11 bits per heavy atom. The molecule has 1 N–H and O–H groups in total. The third-order valence-electron chi connectivity index (χ3n) is 4.53. The molecule has 0 saturated heterocycles. The molecule has 0 unspecified atom stereocenters. The lowest BCUT2D eigenvalue weighted by Crippen LogP contribution is -2.28. The van der Waals surface area contributed by atoms with E-state index in [9.17, 15) is 4.79 Å². The Kier molecular flexibility index (Phi) is 5.35. The molecule has 4 rings (SSSR count). The van der Waals surface area contributed by atoms with E-state index < -0.39 is 6.10 Å². The smallest absolute Gasteiger partial charge is 0.268 e. The maximum absolute atomic E-state index is 12.5. The first-order valence-electron chi connectivity index (χ1n) is 8.95. The number of amides is 1. The first-order valence-corrected chi connectivity index (χ1v) is 9.33. The number of rotatable bonds is 5. The topological polar surface area (TPSA) is 63.6 Å². The first-order chi connectivity index (χ1) is 13.7. The van der Waals surface area contributed by atoms with Crippen LogP contribution in [0.25, 0.3) is 0 Å². The van der Waals surface area contributed by atoms with E-state index in [2.05, 4.69) is 15.5 Å². The van der Waals surface area contributed by atoms with Crippen LogP contribution in [0.15, 0.2) is 78.2 Å². The summed E-state index contributed by atoms with van der Waals surface area (Å²) in [5, 5.41) is 7.65. The van der Waals surface area contributed by atoms with Crippen molar-refractivity contribution in [3.8, 4) is 0 Å². The number of aromatic nitrogens is 1. The predicted octanol–water partition coefficient (Wildman–Crippen LogP) is 4.46. The minimum atomic E-state index is -0.641. The lowest BCUT2D eigenvalue weighted by Gasteiger charge is -2.10. The Morgan fingerprint density at radius 3 is 2.68 bits per heavy atom. The van der Waals surface area contributed by atoms with Crippen LogP contribution in [0.3, 0.4) is 0 Å². The summed E-state index contributed by atoms with van der Waals surface area (Å²) in [5.74, 6) is -0.221. The van der Waals surface area contributed by atoms with Crippen molar-refractivity contribution in [2.24, 2.45) is 5.16 Å². The number of hydrogen-bond donors (Lipinski definition) is 1. The minimum absolute atomic E-state index is 0.221. The van der Waals surface area contributed by atoms with E-state index in [1.807, 2.05) is 60.7 Å².